The number of amides is 1. The van der Waals surface area contributed by atoms with Gasteiger partial charge in [0.2, 0.25) is 5.91 Å². The lowest BCUT2D eigenvalue weighted by atomic mass is 10.1. The van der Waals surface area contributed by atoms with E-state index in [0.29, 0.717) is 12.5 Å². The van der Waals surface area contributed by atoms with Crippen LogP contribution in [0.15, 0.2) is 53.7 Å². The van der Waals surface area contributed by atoms with Crippen molar-refractivity contribution in [1.82, 2.24) is 20.1 Å². The van der Waals surface area contributed by atoms with E-state index in [4.69, 9.17) is 0 Å². The van der Waals surface area contributed by atoms with Crippen molar-refractivity contribution in [2.75, 3.05) is 0 Å². The first-order valence-corrected chi connectivity index (χ1v) is 11.9. The van der Waals surface area contributed by atoms with Gasteiger partial charge >= 0.3 is 0 Å². The topological polar surface area (TPSA) is 59.8 Å². The third kappa shape index (κ3) is 5.18. The number of aromatic nitrogens is 3. The highest BCUT2D eigenvalue weighted by Crippen LogP contribution is 2.29. The first-order chi connectivity index (χ1) is 15.0. The van der Waals surface area contributed by atoms with Gasteiger partial charge in [0.15, 0.2) is 5.16 Å². The molecule has 0 saturated heterocycles. The van der Waals surface area contributed by atoms with Gasteiger partial charge < -0.3 is 5.32 Å². The number of aryl methyl sites for hydroxylation is 2. The molecular weight excluding hydrogens is 404 g/mol. The van der Waals surface area contributed by atoms with Crippen molar-refractivity contribution < 1.29 is 4.79 Å². The van der Waals surface area contributed by atoms with E-state index >= 15 is 0 Å². The number of thioether (sulfide) groups is 1. The van der Waals surface area contributed by atoms with Crippen molar-refractivity contribution in [2.24, 2.45) is 0 Å². The number of hydrogen-bond donors (Lipinski definition) is 1. The van der Waals surface area contributed by atoms with Crippen LogP contribution in [0.2, 0.25) is 0 Å². The third-order valence-electron chi connectivity index (χ3n) is 5.85. The summed E-state index contributed by atoms with van der Waals surface area (Å²) in [6, 6.07) is 17.0. The maximum atomic E-state index is 12.8. The lowest BCUT2D eigenvalue weighted by Gasteiger charge is -2.18. The van der Waals surface area contributed by atoms with E-state index < -0.39 is 0 Å². The molecule has 5 nitrogen and oxygen atoms in total. The molecule has 4 rings (SSSR count). The van der Waals surface area contributed by atoms with Crippen LogP contribution >= 0.6 is 11.8 Å². The van der Waals surface area contributed by atoms with Crippen LogP contribution in [0, 0.1) is 13.8 Å². The fraction of sp³-hybridized carbons (Fsp3) is 0.400. The summed E-state index contributed by atoms with van der Waals surface area (Å²) in [6.45, 7) is 6.16. The number of benzene rings is 2. The smallest absolute Gasteiger partial charge is 0.233 e. The second-order valence-corrected chi connectivity index (χ2v) is 9.74. The Morgan fingerprint density at radius 3 is 2.58 bits per heavy atom. The van der Waals surface area contributed by atoms with Crippen molar-refractivity contribution >= 4 is 17.7 Å². The summed E-state index contributed by atoms with van der Waals surface area (Å²) >= 11 is 1.48. The van der Waals surface area contributed by atoms with E-state index in [9.17, 15) is 4.79 Å². The highest BCUT2D eigenvalue weighted by Gasteiger charge is 2.24. The SMILES string of the molecule is Cc1ccc(-n2c(Cc3ccccc3)nnc2SC(C)C(=O)NC2CCCC2)c(C)c1. The molecular formula is C25H30N4OS. The zero-order valence-electron chi connectivity index (χ0n) is 18.5. The molecule has 0 spiro atoms. The van der Waals surface area contributed by atoms with Crippen LogP contribution in [-0.4, -0.2) is 32.0 Å². The molecule has 6 heteroatoms. The first kappa shape index (κ1) is 21.6. The van der Waals surface area contributed by atoms with E-state index in [1.54, 1.807) is 0 Å². The Labute approximate surface area is 188 Å². The fourth-order valence-corrected chi connectivity index (χ4v) is 5.06. The Hall–Kier alpha value is -2.60. The molecule has 1 heterocycles. The number of rotatable bonds is 7. The number of nitrogens with one attached hydrogen (secondary N) is 1. The molecule has 1 fully saturated rings. The average molecular weight is 435 g/mol. The Bertz CT molecular complexity index is 1040. The second kappa shape index (κ2) is 9.69. The van der Waals surface area contributed by atoms with Crippen molar-refractivity contribution in [1.29, 1.82) is 0 Å². The molecule has 1 atom stereocenters. The van der Waals surface area contributed by atoms with Crippen LogP contribution < -0.4 is 5.32 Å². The molecule has 0 aliphatic heterocycles. The van der Waals surface area contributed by atoms with E-state index in [1.165, 1.54) is 41.3 Å². The molecule has 0 radical (unpaired) electrons. The number of hydrogen-bond acceptors (Lipinski definition) is 4. The molecule has 1 unspecified atom stereocenters. The lowest BCUT2D eigenvalue weighted by Crippen LogP contribution is -2.37. The van der Waals surface area contributed by atoms with Gasteiger partial charge in [0.25, 0.3) is 0 Å². The molecule has 3 aromatic rings. The standard InChI is InChI=1S/C25H30N4OS/c1-17-13-14-22(18(2)15-17)29-23(16-20-9-5-4-6-10-20)27-28-25(29)31-19(3)24(30)26-21-11-7-8-12-21/h4-6,9-10,13-15,19,21H,7-8,11-12,16H2,1-3H3,(H,26,30). The Morgan fingerprint density at radius 1 is 1.13 bits per heavy atom. The predicted molar refractivity (Wildman–Crippen MR) is 126 cm³/mol. The molecule has 0 bridgehead atoms. The van der Waals surface area contributed by atoms with Crippen molar-refractivity contribution in [3.63, 3.8) is 0 Å². The summed E-state index contributed by atoms with van der Waals surface area (Å²) in [5, 5.41) is 12.8. The number of carbonyl (C=O) groups excluding carboxylic acids is 1. The minimum absolute atomic E-state index is 0.0803. The predicted octanol–water partition coefficient (Wildman–Crippen LogP) is 5.01. The minimum atomic E-state index is -0.237. The van der Waals surface area contributed by atoms with Gasteiger partial charge in [0.1, 0.15) is 5.82 Å². The number of nitrogens with zero attached hydrogens (tertiary/aromatic N) is 3. The van der Waals surface area contributed by atoms with Gasteiger partial charge in [-0.05, 0) is 50.8 Å². The Morgan fingerprint density at radius 2 is 1.87 bits per heavy atom. The summed E-state index contributed by atoms with van der Waals surface area (Å²) in [5.41, 5.74) is 4.63. The minimum Gasteiger partial charge on any atom is -0.352 e. The van der Waals surface area contributed by atoms with Crippen molar-refractivity contribution in [3.05, 3.63) is 71.0 Å². The molecule has 1 saturated carbocycles. The molecule has 31 heavy (non-hydrogen) atoms. The quantitative estimate of drug-likeness (QED) is 0.531. The van der Waals surface area contributed by atoms with Crippen LogP contribution in [0.3, 0.4) is 0 Å². The maximum absolute atomic E-state index is 12.8. The molecule has 1 N–H and O–H groups in total. The molecule has 1 aromatic heterocycles. The van der Waals surface area contributed by atoms with Gasteiger partial charge in [-0.15, -0.1) is 10.2 Å². The van der Waals surface area contributed by atoms with Gasteiger partial charge in [-0.25, -0.2) is 0 Å². The molecule has 1 aliphatic carbocycles. The van der Waals surface area contributed by atoms with E-state index in [1.807, 2.05) is 25.1 Å². The molecule has 1 amide bonds. The normalized spacial score (nSPS) is 15.2. The maximum Gasteiger partial charge on any atom is 0.233 e. The summed E-state index contributed by atoms with van der Waals surface area (Å²) in [6.07, 6.45) is 5.27. The van der Waals surface area contributed by atoms with Crippen molar-refractivity contribution in [3.8, 4) is 5.69 Å². The summed E-state index contributed by atoms with van der Waals surface area (Å²) in [5.74, 6) is 0.959. The van der Waals surface area contributed by atoms with Crippen LogP contribution in [0.5, 0.6) is 0 Å². The van der Waals surface area contributed by atoms with E-state index in [-0.39, 0.29) is 11.2 Å². The Kier molecular flexibility index (Phi) is 6.76. The van der Waals surface area contributed by atoms with Gasteiger partial charge in [-0.2, -0.15) is 0 Å². The van der Waals surface area contributed by atoms with Crippen molar-refractivity contribution in [2.45, 2.75) is 69.3 Å². The van der Waals surface area contributed by atoms with Gasteiger partial charge in [0.05, 0.1) is 10.9 Å². The number of carbonyl (C=O) groups is 1. The Balaban J connectivity index is 1.62. The van der Waals surface area contributed by atoms with Crippen LogP contribution in [0.4, 0.5) is 0 Å². The first-order valence-electron chi connectivity index (χ1n) is 11.0. The van der Waals surface area contributed by atoms with Gasteiger partial charge in [-0.3, -0.25) is 9.36 Å². The average Bonchev–Trinajstić information content (AvgIpc) is 3.39. The molecule has 2 aromatic carbocycles. The van der Waals surface area contributed by atoms with Gasteiger partial charge in [-0.1, -0.05) is 72.6 Å². The highest BCUT2D eigenvalue weighted by molar-refractivity contribution is 8.00. The van der Waals surface area contributed by atoms with Crippen LogP contribution in [0.25, 0.3) is 5.69 Å². The van der Waals surface area contributed by atoms with Crippen LogP contribution in [0.1, 0.15) is 55.1 Å². The summed E-state index contributed by atoms with van der Waals surface area (Å²) in [4.78, 5) is 12.8. The van der Waals surface area contributed by atoms with E-state index in [2.05, 4.69) is 64.3 Å². The summed E-state index contributed by atoms with van der Waals surface area (Å²) < 4.78 is 2.12. The van der Waals surface area contributed by atoms with Gasteiger partial charge in [0, 0.05) is 12.5 Å². The zero-order valence-corrected chi connectivity index (χ0v) is 19.3. The fourth-order valence-electron chi connectivity index (χ4n) is 4.17. The second-order valence-electron chi connectivity index (χ2n) is 8.44. The lowest BCUT2D eigenvalue weighted by molar-refractivity contribution is -0.120. The largest absolute Gasteiger partial charge is 0.352 e. The highest BCUT2D eigenvalue weighted by atomic mass is 32.2. The van der Waals surface area contributed by atoms with Crippen LogP contribution in [-0.2, 0) is 11.2 Å². The zero-order chi connectivity index (χ0) is 21.8. The summed E-state index contributed by atoms with van der Waals surface area (Å²) in [7, 11) is 0. The third-order valence-corrected chi connectivity index (χ3v) is 6.89. The molecule has 1 aliphatic rings. The van der Waals surface area contributed by atoms with E-state index in [0.717, 1.165) is 29.5 Å². The monoisotopic (exact) mass is 434 g/mol. The molecule has 162 valence electrons.